The second-order valence-corrected chi connectivity index (χ2v) is 3.02. The van der Waals surface area contributed by atoms with E-state index in [-0.39, 0.29) is 28.8 Å². The molecular formula is C8H8BrO2P. The molecule has 2 nitrogen and oxygen atoms in total. The van der Waals surface area contributed by atoms with E-state index in [4.69, 9.17) is 4.74 Å². The fourth-order valence-corrected chi connectivity index (χ4v) is 1.59. The van der Waals surface area contributed by atoms with Crippen LogP contribution in [0, 0.1) is 0 Å². The molecule has 0 saturated heterocycles. The summed E-state index contributed by atoms with van der Waals surface area (Å²) in [5.74, 6) is -0.376. The molecule has 0 saturated carbocycles. The molecule has 1 aromatic carbocycles. The van der Waals surface area contributed by atoms with Crippen molar-refractivity contribution in [3.05, 3.63) is 35.4 Å². The van der Waals surface area contributed by atoms with Crippen molar-refractivity contribution in [2.45, 2.75) is 5.85 Å². The number of ether oxygens (including phenoxy) is 1. The minimum atomic E-state index is -0.222. The number of carbonyl (C=O) groups excluding carboxylic acids is 1. The molecule has 2 unspecified atom stereocenters. The Morgan fingerprint density at radius 2 is 2.00 bits per heavy atom. The van der Waals surface area contributed by atoms with Crippen LogP contribution in [-0.2, 0) is 4.74 Å². The van der Waals surface area contributed by atoms with Gasteiger partial charge in [-0.2, -0.15) is 0 Å². The Morgan fingerprint density at radius 1 is 1.33 bits per heavy atom. The summed E-state index contributed by atoms with van der Waals surface area (Å²) in [5, 5.41) is 0. The standard InChI is InChI=1S/C8H7O2P.BrH/c9-7-5-3-1-2-4-6(5)8(11)10-7;/h1-4,8H,11H2;1H. The van der Waals surface area contributed by atoms with Gasteiger partial charge in [-0.3, -0.25) is 0 Å². The third-order valence-corrected chi connectivity index (χ3v) is 2.22. The quantitative estimate of drug-likeness (QED) is 0.519. The molecule has 0 aromatic heterocycles. The smallest absolute Gasteiger partial charge is 0.339 e. The van der Waals surface area contributed by atoms with Gasteiger partial charge in [-0.25, -0.2) is 4.79 Å². The van der Waals surface area contributed by atoms with Gasteiger partial charge in [0.1, 0.15) is 5.85 Å². The molecule has 0 amide bonds. The lowest BCUT2D eigenvalue weighted by atomic mass is 10.1. The first-order chi connectivity index (χ1) is 5.29. The highest BCUT2D eigenvalue weighted by atomic mass is 79.9. The van der Waals surface area contributed by atoms with Crippen LogP contribution in [0.4, 0.5) is 0 Å². The van der Waals surface area contributed by atoms with Crippen LogP contribution in [0.15, 0.2) is 24.3 Å². The van der Waals surface area contributed by atoms with E-state index in [1.54, 1.807) is 6.07 Å². The van der Waals surface area contributed by atoms with Gasteiger partial charge < -0.3 is 4.74 Å². The average molecular weight is 247 g/mol. The highest BCUT2D eigenvalue weighted by Crippen LogP contribution is 2.34. The van der Waals surface area contributed by atoms with Crippen LogP contribution in [0.3, 0.4) is 0 Å². The van der Waals surface area contributed by atoms with Crippen molar-refractivity contribution in [2.75, 3.05) is 0 Å². The summed E-state index contributed by atoms with van der Waals surface area (Å²) in [6.07, 6.45) is 0. The summed E-state index contributed by atoms with van der Waals surface area (Å²) < 4.78 is 4.96. The van der Waals surface area contributed by atoms with Crippen molar-refractivity contribution in [3.63, 3.8) is 0 Å². The zero-order chi connectivity index (χ0) is 7.84. The van der Waals surface area contributed by atoms with Crippen molar-refractivity contribution in [1.29, 1.82) is 0 Å². The van der Waals surface area contributed by atoms with Gasteiger partial charge in [-0.15, -0.1) is 17.0 Å². The maximum atomic E-state index is 11.0. The molecule has 1 aromatic rings. The van der Waals surface area contributed by atoms with E-state index >= 15 is 0 Å². The number of carbonyl (C=O) groups is 1. The number of hydrogen-bond donors (Lipinski definition) is 0. The zero-order valence-electron chi connectivity index (χ0n) is 6.19. The molecule has 64 valence electrons. The predicted octanol–water partition coefficient (Wildman–Crippen LogP) is 2.31. The number of esters is 1. The van der Waals surface area contributed by atoms with Crippen LogP contribution in [0.1, 0.15) is 21.8 Å². The molecule has 0 aliphatic carbocycles. The van der Waals surface area contributed by atoms with Gasteiger partial charge >= 0.3 is 5.97 Å². The van der Waals surface area contributed by atoms with E-state index in [1.165, 1.54) is 0 Å². The summed E-state index contributed by atoms with van der Waals surface area (Å²) >= 11 is 0. The molecule has 1 heterocycles. The van der Waals surface area contributed by atoms with Crippen molar-refractivity contribution in [2.24, 2.45) is 0 Å². The molecule has 1 aliphatic heterocycles. The summed E-state index contributed by atoms with van der Waals surface area (Å²) in [7, 11) is 2.48. The molecule has 2 rings (SSSR count). The number of cyclic esters (lactones) is 1. The van der Waals surface area contributed by atoms with E-state index in [0.717, 1.165) is 5.56 Å². The number of rotatable bonds is 0. The molecular weight excluding hydrogens is 239 g/mol. The first-order valence-corrected chi connectivity index (χ1v) is 4.01. The lowest BCUT2D eigenvalue weighted by Crippen LogP contribution is -1.92. The Morgan fingerprint density at radius 3 is 2.67 bits per heavy atom. The van der Waals surface area contributed by atoms with E-state index in [1.807, 2.05) is 18.2 Å². The maximum Gasteiger partial charge on any atom is 0.339 e. The monoisotopic (exact) mass is 246 g/mol. The van der Waals surface area contributed by atoms with Gasteiger partial charge in [0, 0.05) is 5.56 Å². The molecule has 1 aliphatic rings. The van der Waals surface area contributed by atoms with Gasteiger partial charge in [-0.05, 0) is 6.07 Å². The topological polar surface area (TPSA) is 26.3 Å². The fraction of sp³-hybridized carbons (Fsp3) is 0.125. The summed E-state index contributed by atoms with van der Waals surface area (Å²) in [6.45, 7) is 0. The Kier molecular flexibility index (Phi) is 2.86. The molecule has 4 heteroatoms. The molecule has 0 bridgehead atoms. The van der Waals surface area contributed by atoms with E-state index < -0.39 is 0 Å². The van der Waals surface area contributed by atoms with Gasteiger partial charge in [-0.1, -0.05) is 27.4 Å². The van der Waals surface area contributed by atoms with Crippen LogP contribution in [-0.4, -0.2) is 5.97 Å². The SMILES string of the molecule is Br.O=C1OC(P)c2ccccc21. The number of benzene rings is 1. The second-order valence-electron chi connectivity index (χ2n) is 2.41. The zero-order valence-corrected chi connectivity index (χ0v) is 9.06. The van der Waals surface area contributed by atoms with Crippen LogP contribution >= 0.6 is 26.2 Å². The summed E-state index contributed by atoms with van der Waals surface area (Å²) in [4.78, 5) is 11.0. The van der Waals surface area contributed by atoms with Gasteiger partial charge in [0.15, 0.2) is 0 Å². The Labute approximate surface area is 83.3 Å². The molecule has 0 radical (unpaired) electrons. The van der Waals surface area contributed by atoms with Gasteiger partial charge in [0.2, 0.25) is 0 Å². The first kappa shape index (κ1) is 9.69. The second kappa shape index (κ2) is 3.55. The van der Waals surface area contributed by atoms with Crippen molar-refractivity contribution in [1.82, 2.24) is 0 Å². The minimum Gasteiger partial charge on any atom is -0.450 e. The van der Waals surface area contributed by atoms with E-state index in [9.17, 15) is 4.79 Å². The third-order valence-electron chi connectivity index (χ3n) is 1.72. The van der Waals surface area contributed by atoms with Crippen molar-refractivity contribution < 1.29 is 9.53 Å². The van der Waals surface area contributed by atoms with Crippen LogP contribution in [0.2, 0.25) is 0 Å². The van der Waals surface area contributed by atoms with Gasteiger partial charge in [0.05, 0.1) is 5.56 Å². The molecule has 0 fully saturated rings. The normalized spacial score (nSPS) is 19.4. The molecule has 0 N–H and O–H groups in total. The van der Waals surface area contributed by atoms with E-state index in [2.05, 4.69) is 9.24 Å². The maximum absolute atomic E-state index is 11.0. The highest BCUT2D eigenvalue weighted by molar-refractivity contribution is 8.93. The number of hydrogen-bond acceptors (Lipinski definition) is 2. The first-order valence-electron chi connectivity index (χ1n) is 3.34. The minimum absolute atomic E-state index is 0. The van der Waals surface area contributed by atoms with Crippen LogP contribution < -0.4 is 0 Å². The fourth-order valence-electron chi connectivity index (χ4n) is 1.17. The number of halogens is 1. The molecule has 0 spiro atoms. The van der Waals surface area contributed by atoms with E-state index in [0.29, 0.717) is 5.56 Å². The lowest BCUT2D eigenvalue weighted by molar-refractivity contribution is 0.0521. The Bertz CT molecular complexity index is 314. The Balaban J connectivity index is 0.000000720. The molecule has 12 heavy (non-hydrogen) atoms. The van der Waals surface area contributed by atoms with Crippen LogP contribution in [0.5, 0.6) is 0 Å². The average Bonchev–Trinajstić information content (AvgIpc) is 2.30. The van der Waals surface area contributed by atoms with Crippen molar-refractivity contribution >= 4 is 32.2 Å². The molecule has 2 atom stereocenters. The predicted molar refractivity (Wildman–Crippen MR) is 54.6 cm³/mol. The highest BCUT2D eigenvalue weighted by Gasteiger charge is 2.26. The van der Waals surface area contributed by atoms with Crippen molar-refractivity contribution in [3.8, 4) is 0 Å². The largest absolute Gasteiger partial charge is 0.450 e. The summed E-state index contributed by atoms with van der Waals surface area (Å²) in [5.41, 5.74) is 1.65. The van der Waals surface area contributed by atoms with Crippen LogP contribution in [0.25, 0.3) is 0 Å². The Hall–Kier alpha value is -0.400. The van der Waals surface area contributed by atoms with Gasteiger partial charge in [0.25, 0.3) is 0 Å². The number of fused-ring (bicyclic) bond motifs is 1. The third kappa shape index (κ3) is 1.39. The lowest BCUT2D eigenvalue weighted by Gasteiger charge is -1.99. The summed E-state index contributed by atoms with van der Waals surface area (Å²) in [6, 6.07) is 7.42.